The van der Waals surface area contributed by atoms with Crippen LogP contribution in [0.4, 0.5) is 0 Å². The van der Waals surface area contributed by atoms with Crippen LogP contribution in [0.25, 0.3) is 0 Å². The number of likely N-dealkylation sites (N-methyl/N-ethyl adjacent to an activating group) is 1. The number of carbonyl (C=O) groups is 1. The van der Waals surface area contributed by atoms with Crippen LogP contribution in [0.5, 0.6) is 0 Å². The van der Waals surface area contributed by atoms with Crippen molar-refractivity contribution in [3.05, 3.63) is 11.8 Å². The summed E-state index contributed by atoms with van der Waals surface area (Å²) in [6.07, 6.45) is 3.00. The maximum Gasteiger partial charge on any atom is 0.241 e. The third-order valence-corrected chi connectivity index (χ3v) is 1.07. The minimum Gasteiger partial charge on any atom is -0.404 e. The van der Waals surface area contributed by atoms with Gasteiger partial charge in [0, 0.05) is 13.3 Å². The molecule has 0 spiro atoms. The summed E-state index contributed by atoms with van der Waals surface area (Å²) in [6, 6.07) is 0. The van der Waals surface area contributed by atoms with Gasteiger partial charge >= 0.3 is 0 Å². The molecule has 62 valence electrons. The lowest BCUT2D eigenvalue weighted by atomic mass is 10.4. The highest BCUT2D eigenvalue weighted by atomic mass is 16.1. The molecular formula is C7H13N3O. The summed E-state index contributed by atoms with van der Waals surface area (Å²) in [5.74, 6) is -0.105. The molecule has 0 atom stereocenters. The van der Waals surface area contributed by atoms with Gasteiger partial charge in [0.15, 0.2) is 0 Å². The molecule has 3 N–H and O–H groups in total. The van der Waals surface area contributed by atoms with E-state index in [9.17, 15) is 4.79 Å². The third-order valence-electron chi connectivity index (χ3n) is 1.07. The fraction of sp³-hybridized carbons (Fsp3) is 0.429. The molecule has 0 heterocycles. The van der Waals surface area contributed by atoms with Crippen LogP contribution in [0.1, 0.15) is 6.92 Å². The minimum atomic E-state index is -0.105. The van der Waals surface area contributed by atoms with Gasteiger partial charge < -0.3 is 11.1 Å². The molecule has 0 aromatic heterocycles. The van der Waals surface area contributed by atoms with Crippen molar-refractivity contribution in [1.82, 2.24) is 5.32 Å². The summed E-state index contributed by atoms with van der Waals surface area (Å²) in [5.41, 5.74) is 6.01. The number of nitrogens with one attached hydrogen (secondary N) is 1. The molecule has 0 unspecified atom stereocenters. The van der Waals surface area contributed by atoms with Crippen LogP contribution in [0.2, 0.25) is 0 Å². The molecule has 0 fully saturated rings. The van der Waals surface area contributed by atoms with E-state index in [4.69, 9.17) is 5.73 Å². The van der Waals surface area contributed by atoms with E-state index < -0.39 is 0 Å². The predicted octanol–water partition coefficient (Wildman–Crippen LogP) is -0.334. The highest BCUT2D eigenvalue weighted by Gasteiger charge is 1.91. The fourth-order valence-corrected chi connectivity index (χ4v) is 0.395. The first-order chi connectivity index (χ1) is 5.20. The zero-order chi connectivity index (χ0) is 8.69. The Kier molecular flexibility index (Phi) is 4.81. The van der Waals surface area contributed by atoms with Gasteiger partial charge in [0.1, 0.15) is 6.54 Å². The van der Waals surface area contributed by atoms with Crippen molar-refractivity contribution in [2.45, 2.75) is 6.92 Å². The smallest absolute Gasteiger partial charge is 0.241 e. The maximum absolute atomic E-state index is 10.6. The number of amides is 1. The highest BCUT2D eigenvalue weighted by molar-refractivity contribution is 5.83. The average Bonchev–Trinajstić information content (AvgIpc) is 2.04. The van der Waals surface area contributed by atoms with Crippen molar-refractivity contribution in [3.63, 3.8) is 0 Å². The maximum atomic E-state index is 10.6. The lowest BCUT2D eigenvalue weighted by molar-refractivity contribution is -0.119. The van der Waals surface area contributed by atoms with E-state index >= 15 is 0 Å². The Bertz CT molecular complexity index is 184. The van der Waals surface area contributed by atoms with E-state index in [1.54, 1.807) is 13.3 Å². The van der Waals surface area contributed by atoms with Gasteiger partial charge in [0.05, 0.1) is 0 Å². The van der Waals surface area contributed by atoms with Crippen molar-refractivity contribution in [3.8, 4) is 0 Å². The van der Waals surface area contributed by atoms with Crippen molar-refractivity contribution in [1.29, 1.82) is 0 Å². The summed E-state index contributed by atoms with van der Waals surface area (Å²) in [6.45, 7) is 1.97. The largest absolute Gasteiger partial charge is 0.404 e. The number of carbonyl (C=O) groups excluding carboxylic acids is 1. The second-order valence-corrected chi connectivity index (χ2v) is 2.05. The highest BCUT2D eigenvalue weighted by Crippen LogP contribution is 1.82. The molecule has 1 amide bonds. The molecular weight excluding hydrogens is 142 g/mol. The van der Waals surface area contributed by atoms with Gasteiger partial charge in [-0.15, -0.1) is 0 Å². The second-order valence-electron chi connectivity index (χ2n) is 2.05. The molecule has 0 aromatic carbocycles. The molecule has 4 nitrogen and oxygen atoms in total. The van der Waals surface area contributed by atoms with Crippen LogP contribution in [0.15, 0.2) is 16.8 Å². The van der Waals surface area contributed by atoms with Gasteiger partial charge in [-0.1, -0.05) is 0 Å². The van der Waals surface area contributed by atoms with Gasteiger partial charge in [-0.25, -0.2) is 0 Å². The zero-order valence-corrected chi connectivity index (χ0v) is 6.79. The van der Waals surface area contributed by atoms with Gasteiger partial charge in [-0.05, 0) is 18.7 Å². The van der Waals surface area contributed by atoms with E-state index in [2.05, 4.69) is 10.3 Å². The Hall–Kier alpha value is -1.32. The number of rotatable bonds is 3. The molecule has 0 bridgehead atoms. The Morgan fingerprint density at radius 3 is 2.82 bits per heavy atom. The number of hydrogen-bond acceptors (Lipinski definition) is 3. The quantitative estimate of drug-likeness (QED) is 0.548. The van der Waals surface area contributed by atoms with Crippen LogP contribution in [-0.2, 0) is 4.79 Å². The van der Waals surface area contributed by atoms with Crippen molar-refractivity contribution in [2.75, 3.05) is 13.6 Å². The summed E-state index contributed by atoms with van der Waals surface area (Å²) in [4.78, 5) is 14.4. The molecule has 0 saturated carbocycles. The number of nitrogens with two attached hydrogens (primary N) is 1. The summed E-state index contributed by atoms with van der Waals surface area (Å²) in [5, 5.41) is 2.45. The summed E-state index contributed by atoms with van der Waals surface area (Å²) in [7, 11) is 1.57. The topological polar surface area (TPSA) is 67.5 Å². The standard InChI is InChI=1S/C7H13N3O/c1-6(3-8)4-10-5-7(11)9-2/h3-4H,5,8H2,1-2H3,(H,9,11). The Balaban J connectivity index is 3.69. The molecule has 0 aliphatic carbocycles. The van der Waals surface area contributed by atoms with Crippen LogP contribution in [0, 0.1) is 0 Å². The first-order valence-corrected chi connectivity index (χ1v) is 3.29. The molecule has 0 radical (unpaired) electrons. The number of aliphatic imine (C=N–C) groups is 1. The molecule has 0 aliphatic heterocycles. The summed E-state index contributed by atoms with van der Waals surface area (Å²) >= 11 is 0. The van der Waals surface area contributed by atoms with E-state index in [1.165, 1.54) is 6.20 Å². The summed E-state index contributed by atoms with van der Waals surface area (Å²) < 4.78 is 0. The molecule has 0 rings (SSSR count). The SMILES string of the molecule is CNC(=O)CN=CC(C)=CN. The molecule has 4 heteroatoms. The Labute approximate surface area is 66.2 Å². The lowest BCUT2D eigenvalue weighted by Gasteiger charge is -1.92. The van der Waals surface area contributed by atoms with Crippen molar-refractivity contribution >= 4 is 12.1 Å². The number of nitrogens with zero attached hydrogens (tertiary/aromatic N) is 1. The zero-order valence-electron chi connectivity index (χ0n) is 6.79. The fourth-order valence-electron chi connectivity index (χ4n) is 0.395. The third kappa shape index (κ3) is 5.14. The van der Waals surface area contributed by atoms with Crippen molar-refractivity contribution < 1.29 is 4.79 Å². The number of hydrogen-bond donors (Lipinski definition) is 2. The van der Waals surface area contributed by atoms with Gasteiger partial charge in [-0.2, -0.15) is 0 Å². The van der Waals surface area contributed by atoms with Crippen LogP contribution < -0.4 is 11.1 Å². The molecule has 11 heavy (non-hydrogen) atoms. The van der Waals surface area contributed by atoms with Gasteiger partial charge in [0.25, 0.3) is 0 Å². The Morgan fingerprint density at radius 1 is 1.73 bits per heavy atom. The van der Waals surface area contributed by atoms with E-state index in [0.717, 1.165) is 5.57 Å². The van der Waals surface area contributed by atoms with E-state index in [0.29, 0.717) is 0 Å². The van der Waals surface area contributed by atoms with Crippen LogP contribution >= 0.6 is 0 Å². The predicted molar refractivity (Wildman–Crippen MR) is 45.4 cm³/mol. The monoisotopic (exact) mass is 155 g/mol. The normalized spacial score (nSPS) is 12.0. The molecule has 0 aliphatic rings. The minimum absolute atomic E-state index is 0.105. The van der Waals surface area contributed by atoms with Crippen molar-refractivity contribution in [2.24, 2.45) is 10.7 Å². The lowest BCUT2D eigenvalue weighted by Crippen LogP contribution is -2.20. The molecule has 0 aromatic rings. The van der Waals surface area contributed by atoms with Gasteiger partial charge in [0.2, 0.25) is 5.91 Å². The first kappa shape index (κ1) is 9.68. The average molecular weight is 155 g/mol. The van der Waals surface area contributed by atoms with Crippen LogP contribution in [0.3, 0.4) is 0 Å². The second kappa shape index (κ2) is 5.46. The van der Waals surface area contributed by atoms with Crippen LogP contribution in [-0.4, -0.2) is 25.7 Å². The van der Waals surface area contributed by atoms with E-state index in [1.807, 2.05) is 6.92 Å². The van der Waals surface area contributed by atoms with E-state index in [-0.39, 0.29) is 12.5 Å². The first-order valence-electron chi connectivity index (χ1n) is 3.29. The molecule has 0 saturated heterocycles. The van der Waals surface area contributed by atoms with Gasteiger partial charge in [-0.3, -0.25) is 9.79 Å². The Morgan fingerprint density at radius 2 is 2.36 bits per heavy atom. The number of allylic oxidation sites excluding steroid dienone is 1.